The molecule has 3 heteroatoms. The van der Waals surface area contributed by atoms with Crippen LogP contribution in [0, 0.1) is 12.8 Å². The van der Waals surface area contributed by atoms with Gasteiger partial charge in [-0.3, -0.25) is 4.79 Å². The number of carbonyl (C=O) groups excluding carboxylic acids is 1. The molecule has 1 amide bonds. The Bertz CT molecular complexity index is 351. The normalized spacial score (nSPS) is 17.3. The summed E-state index contributed by atoms with van der Waals surface area (Å²) in [5.74, 6) is 2.14. The van der Waals surface area contributed by atoms with Crippen molar-refractivity contribution in [3.63, 3.8) is 0 Å². The fraction of sp³-hybridized carbons (Fsp3) is 0.615. The van der Waals surface area contributed by atoms with Crippen molar-refractivity contribution in [2.24, 2.45) is 5.92 Å². The lowest BCUT2D eigenvalue weighted by Crippen LogP contribution is -2.31. The molecular formula is C13H19NO2. The molecule has 88 valence electrons. The number of nitrogens with one attached hydrogen (secondary N) is 1. The van der Waals surface area contributed by atoms with E-state index in [2.05, 4.69) is 5.32 Å². The van der Waals surface area contributed by atoms with Gasteiger partial charge < -0.3 is 9.73 Å². The average molecular weight is 221 g/mol. The molecule has 0 atom stereocenters. The first kappa shape index (κ1) is 11.2. The Labute approximate surface area is 96.2 Å². The molecule has 3 nitrogen and oxygen atoms in total. The molecule has 0 spiro atoms. The second kappa shape index (κ2) is 5.19. The highest BCUT2D eigenvalue weighted by Crippen LogP contribution is 2.23. The zero-order valence-corrected chi connectivity index (χ0v) is 9.79. The zero-order chi connectivity index (χ0) is 11.4. The molecule has 1 heterocycles. The van der Waals surface area contributed by atoms with E-state index in [1.54, 1.807) is 0 Å². The third kappa shape index (κ3) is 2.87. The van der Waals surface area contributed by atoms with Gasteiger partial charge in [-0.1, -0.05) is 19.3 Å². The van der Waals surface area contributed by atoms with Crippen LogP contribution in [-0.2, 0) is 11.3 Å². The highest BCUT2D eigenvalue weighted by atomic mass is 16.3. The van der Waals surface area contributed by atoms with Crippen LogP contribution in [0.1, 0.15) is 43.6 Å². The summed E-state index contributed by atoms with van der Waals surface area (Å²) in [5, 5.41) is 2.95. The van der Waals surface area contributed by atoms with Crippen LogP contribution in [0.5, 0.6) is 0 Å². The summed E-state index contributed by atoms with van der Waals surface area (Å²) < 4.78 is 5.41. The standard InChI is InChI=1S/C13H19NO2/c1-10-7-8-12(16-10)9-14-13(15)11-5-3-2-4-6-11/h7-8,11H,2-6,9H2,1H3,(H,14,15). The van der Waals surface area contributed by atoms with Crippen molar-refractivity contribution in [2.45, 2.75) is 45.6 Å². The Morgan fingerprint density at radius 3 is 2.75 bits per heavy atom. The Hall–Kier alpha value is -1.25. The molecule has 0 radical (unpaired) electrons. The van der Waals surface area contributed by atoms with Crippen LogP contribution in [0.4, 0.5) is 0 Å². The van der Waals surface area contributed by atoms with Crippen molar-refractivity contribution >= 4 is 5.91 Å². The van der Waals surface area contributed by atoms with Gasteiger partial charge in [-0.2, -0.15) is 0 Å². The van der Waals surface area contributed by atoms with E-state index in [4.69, 9.17) is 4.42 Å². The zero-order valence-electron chi connectivity index (χ0n) is 9.79. The van der Waals surface area contributed by atoms with E-state index in [1.807, 2.05) is 19.1 Å². The van der Waals surface area contributed by atoms with Gasteiger partial charge in [0, 0.05) is 5.92 Å². The molecule has 2 rings (SSSR count). The summed E-state index contributed by atoms with van der Waals surface area (Å²) >= 11 is 0. The molecule has 1 aliphatic carbocycles. The van der Waals surface area contributed by atoms with Crippen LogP contribution in [0.3, 0.4) is 0 Å². The van der Waals surface area contributed by atoms with Gasteiger partial charge >= 0.3 is 0 Å². The predicted octanol–water partition coefficient (Wildman–Crippen LogP) is 2.78. The summed E-state index contributed by atoms with van der Waals surface area (Å²) in [4.78, 5) is 11.8. The molecular weight excluding hydrogens is 202 g/mol. The second-order valence-corrected chi connectivity index (χ2v) is 4.57. The van der Waals surface area contributed by atoms with E-state index < -0.39 is 0 Å². The van der Waals surface area contributed by atoms with Gasteiger partial charge in [0.1, 0.15) is 11.5 Å². The van der Waals surface area contributed by atoms with Gasteiger partial charge in [-0.25, -0.2) is 0 Å². The second-order valence-electron chi connectivity index (χ2n) is 4.57. The maximum absolute atomic E-state index is 11.8. The molecule has 1 saturated carbocycles. The van der Waals surface area contributed by atoms with E-state index in [0.29, 0.717) is 6.54 Å². The van der Waals surface area contributed by atoms with E-state index in [1.165, 1.54) is 19.3 Å². The summed E-state index contributed by atoms with van der Waals surface area (Å²) in [6.45, 7) is 2.43. The Balaban J connectivity index is 1.78. The lowest BCUT2D eigenvalue weighted by atomic mass is 9.89. The highest BCUT2D eigenvalue weighted by molar-refractivity contribution is 5.78. The molecule has 1 N–H and O–H groups in total. The molecule has 1 fully saturated rings. The molecule has 0 bridgehead atoms. The van der Waals surface area contributed by atoms with Crippen molar-refractivity contribution < 1.29 is 9.21 Å². The van der Waals surface area contributed by atoms with Gasteiger partial charge in [0.2, 0.25) is 5.91 Å². The van der Waals surface area contributed by atoms with Crippen LogP contribution in [-0.4, -0.2) is 5.91 Å². The molecule has 1 aliphatic rings. The van der Waals surface area contributed by atoms with E-state index in [-0.39, 0.29) is 11.8 Å². The van der Waals surface area contributed by atoms with Crippen molar-refractivity contribution in [2.75, 3.05) is 0 Å². The minimum Gasteiger partial charge on any atom is -0.465 e. The third-order valence-corrected chi connectivity index (χ3v) is 3.21. The maximum atomic E-state index is 11.8. The molecule has 0 unspecified atom stereocenters. The fourth-order valence-corrected chi connectivity index (χ4v) is 2.26. The SMILES string of the molecule is Cc1ccc(CNC(=O)C2CCCCC2)o1. The number of carbonyl (C=O) groups is 1. The first-order chi connectivity index (χ1) is 7.75. The average Bonchev–Trinajstić information content (AvgIpc) is 2.73. The number of aryl methyl sites for hydroxylation is 1. The Morgan fingerprint density at radius 2 is 2.12 bits per heavy atom. The molecule has 1 aromatic heterocycles. The maximum Gasteiger partial charge on any atom is 0.223 e. The summed E-state index contributed by atoms with van der Waals surface area (Å²) in [6.07, 6.45) is 5.75. The topological polar surface area (TPSA) is 42.2 Å². The monoisotopic (exact) mass is 221 g/mol. The molecule has 0 aliphatic heterocycles. The van der Waals surface area contributed by atoms with Gasteiger partial charge in [0.25, 0.3) is 0 Å². The highest BCUT2D eigenvalue weighted by Gasteiger charge is 2.20. The minimum absolute atomic E-state index is 0.189. The molecule has 0 aromatic carbocycles. The predicted molar refractivity (Wildman–Crippen MR) is 61.9 cm³/mol. The lowest BCUT2D eigenvalue weighted by Gasteiger charge is -2.20. The summed E-state index contributed by atoms with van der Waals surface area (Å²) in [7, 11) is 0. The van der Waals surface area contributed by atoms with Gasteiger partial charge in [0.05, 0.1) is 6.54 Å². The van der Waals surface area contributed by atoms with Gasteiger partial charge in [0.15, 0.2) is 0 Å². The first-order valence-electron chi connectivity index (χ1n) is 6.09. The fourth-order valence-electron chi connectivity index (χ4n) is 2.26. The van der Waals surface area contributed by atoms with Crippen LogP contribution < -0.4 is 5.32 Å². The van der Waals surface area contributed by atoms with E-state index in [9.17, 15) is 4.79 Å². The van der Waals surface area contributed by atoms with Crippen LogP contribution in [0.15, 0.2) is 16.5 Å². The number of rotatable bonds is 3. The third-order valence-electron chi connectivity index (χ3n) is 3.21. The van der Waals surface area contributed by atoms with Crippen LogP contribution >= 0.6 is 0 Å². The first-order valence-corrected chi connectivity index (χ1v) is 6.09. The molecule has 0 saturated heterocycles. The summed E-state index contributed by atoms with van der Waals surface area (Å²) in [6, 6.07) is 3.83. The number of amides is 1. The van der Waals surface area contributed by atoms with Crippen molar-refractivity contribution in [1.82, 2.24) is 5.32 Å². The lowest BCUT2D eigenvalue weighted by molar-refractivity contribution is -0.126. The molecule has 16 heavy (non-hydrogen) atoms. The van der Waals surface area contributed by atoms with E-state index in [0.717, 1.165) is 24.4 Å². The van der Waals surface area contributed by atoms with Crippen molar-refractivity contribution in [3.05, 3.63) is 23.7 Å². The van der Waals surface area contributed by atoms with E-state index >= 15 is 0 Å². The van der Waals surface area contributed by atoms with Gasteiger partial charge in [-0.05, 0) is 31.9 Å². The van der Waals surface area contributed by atoms with Crippen molar-refractivity contribution in [1.29, 1.82) is 0 Å². The summed E-state index contributed by atoms with van der Waals surface area (Å²) in [5.41, 5.74) is 0. The Morgan fingerprint density at radius 1 is 1.38 bits per heavy atom. The largest absolute Gasteiger partial charge is 0.465 e. The van der Waals surface area contributed by atoms with Crippen LogP contribution in [0.25, 0.3) is 0 Å². The smallest absolute Gasteiger partial charge is 0.223 e. The quantitative estimate of drug-likeness (QED) is 0.852. The number of hydrogen-bond donors (Lipinski definition) is 1. The number of hydrogen-bond acceptors (Lipinski definition) is 2. The minimum atomic E-state index is 0.189. The van der Waals surface area contributed by atoms with Crippen molar-refractivity contribution in [3.8, 4) is 0 Å². The van der Waals surface area contributed by atoms with Crippen LogP contribution in [0.2, 0.25) is 0 Å². The molecule has 1 aromatic rings. The van der Waals surface area contributed by atoms with Gasteiger partial charge in [-0.15, -0.1) is 0 Å². The Kier molecular flexibility index (Phi) is 3.65. The number of furan rings is 1.